The van der Waals surface area contributed by atoms with Gasteiger partial charge >= 0.3 is 0 Å². The fourth-order valence-corrected chi connectivity index (χ4v) is 3.31. The third-order valence-corrected chi connectivity index (χ3v) is 3.58. The van der Waals surface area contributed by atoms with Gasteiger partial charge in [-0.15, -0.1) is 0 Å². The van der Waals surface area contributed by atoms with Gasteiger partial charge in [-0.05, 0) is 58.8 Å². The fraction of sp³-hybridized carbons (Fsp3) is 1.00. The molecule has 0 radical (unpaired) electrons. The number of thiol groups is 1. The van der Waals surface area contributed by atoms with Crippen LogP contribution in [0.5, 0.6) is 0 Å². The summed E-state index contributed by atoms with van der Waals surface area (Å²) in [6, 6.07) is 0. The van der Waals surface area contributed by atoms with Crippen molar-refractivity contribution in [3.8, 4) is 0 Å². The predicted molar refractivity (Wildman–Crippen MR) is 77.9 cm³/mol. The van der Waals surface area contributed by atoms with Crippen LogP contribution in [0.4, 0.5) is 0 Å². The monoisotopic (exact) mass is 259 g/mol. The summed E-state index contributed by atoms with van der Waals surface area (Å²) in [6.45, 7) is 14.4. The van der Waals surface area contributed by atoms with E-state index in [-0.39, 0.29) is 11.2 Å². The molecule has 1 aliphatic heterocycles. The Balaban J connectivity index is 2.43. The Kier molecular flexibility index (Phi) is 5.36. The minimum Gasteiger partial charge on any atom is -0.367 e. The molecule has 0 amide bonds. The van der Waals surface area contributed by atoms with Crippen LogP contribution in [0.2, 0.25) is 0 Å². The molecule has 1 heterocycles. The zero-order valence-corrected chi connectivity index (χ0v) is 13.0. The Bertz CT molecular complexity index is 224. The molecule has 1 unspecified atom stereocenters. The van der Waals surface area contributed by atoms with Crippen LogP contribution in [0.15, 0.2) is 0 Å². The lowest BCUT2D eigenvalue weighted by atomic mass is 9.97. The third-order valence-electron chi connectivity index (χ3n) is 3.32. The zero-order chi connectivity index (χ0) is 13.1. The SMILES string of the molecule is CC(CCS)CCN1CC(C)(C)OC(C)(C)C1. The Morgan fingerprint density at radius 1 is 1.12 bits per heavy atom. The second kappa shape index (κ2) is 5.94. The zero-order valence-electron chi connectivity index (χ0n) is 12.1. The van der Waals surface area contributed by atoms with Gasteiger partial charge in [-0.2, -0.15) is 12.6 Å². The van der Waals surface area contributed by atoms with Crippen LogP contribution in [-0.4, -0.2) is 41.5 Å². The molecule has 0 saturated carbocycles. The largest absolute Gasteiger partial charge is 0.367 e. The van der Waals surface area contributed by atoms with Crippen LogP contribution in [-0.2, 0) is 4.74 Å². The summed E-state index contributed by atoms with van der Waals surface area (Å²) in [5.74, 6) is 1.78. The maximum absolute atomic E-state index is 6.09. The number of morpholine rings is 1. The van der Waals surface area contributed by atoms with Crippen LogP contribution in [0, 0.1) is 5.92 Å². The summed E-state index contributed by atoms with van der Waals surface area (Å²) in [7, 11) is 0. The van der Waals surface area contributed by atoms with E-state index < -0.39 is 0 Å². The molecule has 1 saturated heterocycles. The maximum atomic E-state index is 6.09. The van der Waals surface area contributed by atoms with E-state index >= 15 is 0 Å². The average molecular weight is 259 g/mol. The molecule has 0 N–H and O–H groups in total. The molecular formula is C14H29NOS. The summed E-state index contributed by atoms with van der Waals surface area (Å²) in [5, 5.41) is 0. The van der Waals surface area contributed by atoms with Crippen LogP contribution in [0.1, 0.15) is 47.5 Å². The summed E-state index contributed by atoms with van der Waals surface area (Å²) in [5.41, 5.74) is -0.0386. The van der Waals surface area contributed by atoms with Crippen molar-refractivity contribution in [2.45, 2.75) is 58.7 Å². The minimum absolute atomic E-state index is 0.0193. The summed E-state index contributed by atoms with van der Waals surface area (Å²) in [4.78, 5) is 2.55. The first-order valence-corrected chi connectivity index (χ1v) is 7.41. The van der Waals surface area contributed by atoms with Crippen molar-refractivity contribution in [3.63, 3.8) is 0 Å². The lowest BCUT2D eigenvalue weighted by Gasteiger charge is -2.47. The number of hydrogen-bond donors (Lipinski definition) is 1. The highest BCUT2D eigenvalue weighted by Gasteiger charge is 2.37. The van der Waals surface area contributed by atoms with Gasteiger partial charge in [0.2, 0.25) is 0 Å². The first-order valence-electron chi connectivity index (χ1n) is 6.77. The molecule has 0 bridgehead atoms. The molecule has 0 spiro atoms. The number of rotatable bonds is 5. The number of hydrogen-bond acceptors (Lipinski definition) is 3. The smallest absolute Gasteiger partial charge is 0.0760 e. The van der Waals surface area contributed by atoms with E-state index in [0.29, 0.717) is 0 Å². The molecule has 1 fully saturated rings. The van der Waals surface area contributed by atoms with E-state index in [1.165, 1.54) is 19.4 Å². The standard InChI is InChI=1S/C14H29NOS/c1-12(7-9-17)6-8-15-10-13(2,3)16-14(4,5)11-15/h12,17H,6-11H2,1-5H3. The Morgan fingerprint density at radius 3 is 2.12 bits per heavy atom. The molecule has 1 aliphatic rings. The minimum atomic E-state index is -0.0193. The van der Waals surface area contributed by atoms with Gasteiger partial charge in [-0.3, -0.25) is 4.90 Å². The molecular weight excluding hydrogens is 230 g/mol. The predicted octanol–water partition coefficient (Wildman–Crippen LogP) is 3.22. The lowest BCUT2D eigenvalue weighted by molar-refractivity contribution is -0.180. The molecule has 0 aromatic heterocycles. The van der Waals surface area contributed by atoms with Gasteiger partial charge in [0, 0.05) is 13.1 Å². The van der Waals surface area contributed by atoms with E-state index in [4.69, 9.17) is 4.74 Å². The first-order chi connectivity index (χ1) is 7.74. The topological polar surface area (TPSA) is 12.5 Å². The van der Waals surface area contributed by atoms with Crippen molar-refractivity contribution >= 4 is 12.6 Å². The van der Waals surface area contributed by atoms with Gasteiger partial charge in [-0.25, -0.2) is 0 Å². The molecule has 0 aromatic carbocycles. The Morgan fingerprint density at radius 2 is 1.65 bits per heavy atom. The number of ether oxygens (including phenoxy) is 1. The highest BCUT2D eigenvalue weighted by atomic mass is 32.1. The van der Waals surface area contributed by atoms with E-state index in [1.54, 1.807) is 0 Å². The van der Waals surface area contributed by atoms with E-state index in [2.05, 4.69) is 52.1 Å². The van der Waals surface area contributed by atoms with Gasteiger partial charge in [0.05, 0.1) is 11.2 Å². The van der Waals surface area contributed by atoms with Gasteiger partial charge in [-0.1, -0.05) is 6.92 Å². The fourth-order valence-electron chi connectivity index (χ4n) is 2.87. The highest BCUT2D eigenvalue weighted by molar-refractivity contribution is 7.80. The quantitative estimate of drug-likeness (QED) is 0.761. The normalized spacial score (nSPS) is 25.8. The van der Waals surface area contributed by atoms with E-state index in [1.807, 2.05) is 0 Å². The van der Waals surface area contributed by atoms with Crippen LogP contribution in [0.25, 0.3) is 0 Å². The highest BCUT2D eigenvalue weighted by Crippen LogP contribution is 2.28. The first kappa shape index (κ1) is 15.3. The number of nitrogens with zero attached hydrogens (tertiary/aromatic N) is 1. The van der Waals surface area contributed by atoms with Gasteiger partial charge in [0.15, 0.2) is 0 Å². The van der Waals surface area contributed by atoms with Crippen molar-refractivity contribution < 1.29 is 4.74 Å². The van der Waals surface area contributed by atoms with Crippen molar-refractivity contribution in [2.75, 3.05) is 25.4 Å². The molecule has 3 heteroatoms. The summed E-state index contributed by atoms with van der Waals surface area (Å²) < 4.78 is 6.09. The lowest BCUT2D eigenvalue weighted by Crippen LogP contribution is -2.57. The van der Waals surface area contributed by atoms with Crippen molar-refractivity contribution in [1.82, 2.24) is 4.90 Å². The van der Waals surface area contributed by atoms with Gasteiger partial charge in [0.1, 0.15) is 0 Å². The van der Waals surface area contributed by atoms with Crippen molar-refractivity contribution in [3.05, 3.63) is 0 Å². The molecule has 0 aliphatic carbocycles. The van der Waals surface area contributed by atoms with Gasteiger partial charge < -0.3 is 4.74 Å². The van der Waals surface area contributed by atoms with E-state index in [9.17, 15) is 0 Å². The Hall–Kier alpha value is 0.270. The second-order valence-electron chi connectivity index (χ2n) is 6.74. The molecule has 1 atom stereocenters. The molecule has 0 aromatic rings. The molecule has 2 nitrogen and oxygen atoms in total. The van der Waals surface area contributed by atoms with Crippen LogP contribution >= 0.6 is 12.6 Å². The Labute approximate surface area is 113 Å². The van der Waals surface area contributed by atoms with E-state index in [0.717, 1.165) is 24.8 Å². The molecule has 17 heavy (non-hydrogen) atoms. The summed E-state index contributed by atoms with van der Waals surface area (Å²) in [6.07, 6.45) is 2.49. The van der Waals surface area contributed by atoms with Crippen LogP contribution < -0.4 is 0 Å². The van der Waals surface area contributed by atoms with Crippen LogP contribution in [0.3, 0.4) is 0 Å². The van der Waals surface area contributed by atoms with Crippen molar-refractivity contribution in [2.24, 2.45) is 5.92 Å². The summed E-state index contributed by atoms with van der Waals surface area (Å²) >= 11 is 4.30. The average Bonchev–Trinajstić information content (AvgIpc) is 2.10. The second-order valence-corrected chi connectivity index (χ2v) is 7.19. The van der Waals surface area contributed by atoms with Crippen molar-refractivity contribution in [1.29, 1.82) is 0 Å². The third kappa shape index (κ3) is 5.62. The molecule has 1 rings (SSSR count). The molecule has 102 valence electrons. The maximum Gasteiger partial charge on any atom is 0.0760 e. The van der Waals surface area contributed by atoms with Gasteiger partial charge in [0.25, 0.3) is 0 Å².